The number of rotatable bonds is 2. The summed E-state index contributed by atoms with van der Waals surface area (Å²) in [6, 6.07) is 1.98. The third-order valence-electron chi connectivity index (χ3n) is 2.93. The molecule has 0 unspecified atom stereocenters. The van der Waals surface area contributed by atoms with Crippen molar-refractivity contribution in [1.29, 1.82) is 0 Å². The summed E-state index contributed by atoms with van der Waals surface area (Å²) in [6.07, 6.45) is 0. The zero-order valence-electron chi connectivity index (χ0n) is 10.4. The number of aromatic amines is 1. The van der Waals surface area contributed by atoms with Gasteiger partial charge in [-0.3, -0.25) is 14.3 Å². The highest BCUT2D eigenvalue weighted by Crippen LogP contribution is 2.22. The van der Waals surface area contributed by atoms with Crippen molar-refractivity contribution in [2.45, 2.75) is 27.3 Å². The van der Waals surface area contributed by atoms with E-state index in [1.54, 1.807) is 11.3 Å². The van der Waals surface area contributed by atoms with Crippen LogP contribution in [0.1, 0.15) is 20.9 Å². The first kappa shape index (κ1) is 12.6. The van der Waals surface area contributed by atoms with Crippen molar-refractivity contribution in [1.82, 2.24) is 9.55 Å². The summed E-state index contributed by atoms with van der Waals surface area (Å²) < 4.78 is 1.17. The highest BCUT2D eigenvalue weighted by molar-refractivity contribution is 7.12. The van der Waals surface area contributed by atoms with Crippen LogP contribution in [0.15, 0.2) is 15.7 Å². The predicted octanol–water partition coefficient (Wildman–Crippen LogP) is 1.28. The number of hydrogen-bond donors (Lipinski definition) is 2. The molecule has 0 aromatic carbocycles. The van der Waals surface area contributed by atoms with Crippen LogP contribution in [0.3, 0.4) is 0 Å². The second kappa shape index (κ2) is 4.45. The fourth-order valence-electron chi connectivity index (χ4n) is 1.69. The Bertz CT molecular complexity index is 690. The highest BCUT2D eigenvalue weighted by atomic mass is 32.1. The largest absolute Gasteiger partial charge is 0.494 e. The molecule has 0 amide bonds. The molecule has 18 heavy (non-hydrogen) atoms. The summed E-state index contributed by atoms with van der Waals surface area (Å²) in [6.45, 7) is 5.75. The van der Waals surface area contributed by atoms with Gasteiger partial charge in [0.05, 0.1) is 12.1 Å². The minimum absolute atomic E-state index is 0.152. The van der Waals surface area contributed by atoms with Crippen LogP contribution in [0, 0.1) is 20.8 Å². The standard InChI is InChI=1S/C12H14N2O3S/c1-6-4-9(18-8(6)3)5-14-11(16)7(2)10(15)13-12(14)17/h4,16H,5H2,1-3H3,(H,13,15,17). The first-order valence-corrected chi connectivity index (χ1v) is 6.30. The smallest absolute Gasteiger partial charge is 0.331 e. The molecular formula is C12H14N2O3S. The SMILES string of the molecule is Cc1cc(Cn2c(O)c(C)c(=O)[nH]c2=O)sc1C. The van der Waals surface area contributed by atoms with Gasteiger partial charge in [-0.05, 0) is 32.4 Å². The molecule has 2 rings (SSSR count). The van der Waals surface area contributed by atoms with E-state index in [0.29, 0.717) is 0 Å². The number of aryl methyl sites for hydroxylation is 2. The number of nitrogens with one attached hydrogen (secondary N) is 1. The summed E-state index contributed by atoms with van der Waals surface area (Å²) in [4.78, 5) is 27.3. The molecule has 0 bridgehead atoms. The summed E-state index contributed by atoms with van der Waals surface area (Å²) in [5.41, 5.74) is 0.169. The van der Waals surface area contributed by atoms with Crippen molar-refractivity contribution in [3.63, 3.8) is 0 Å². The molecule has 6 heteroatoms. The van der Waals surface area contributed by atoms with Gasteiger partial charge < -0.3 is 5.11 Å². The fraction of sp³-hybridized carbons (Fsp3) is 0.333. The lowest BCUT2D eigenvalue weighted by Gasteiger charge is -2.07. The molecule has 5 nitrogen and oxygen atoms in total. The first-order chi connectivity index (χ1) is 8.40. The van der Waals surface area contributed by atoms with Gasteiger partial charge in [0.1, 0.15) is 0 Å². The maximum Gasteiger partial charge on any atom is 0.331 e. The van der Waals surface area contributed by atoms with Crippen LogP contribution in [0.25, 0.3) is 0 Å². The molecule has 0 saturated heterocycles. The van der Waals surface area contributed by atoms with Gasteiger partial charge in [0.2, 0.25) is 5.88 Å². The summed E-state index contributed by atoms with van der Waals surface area (Å²) >= 11 is 1.57. The molecular weight excluding hydrogens is 252 g/mol. The van der Waals surface area contributed by atoms with Crippen LogP contribution < -0.4 is 11.2 Å². The van der Waals surface area contributed by atoms with Gasteiger partial charge in [0, 0.05) is 9.75 Å². The zero-order chi connectivity index (χ0) is 13.4. The van der Waals surface area contributed by atoms with Crippen molar-refractivity contribution in [3.8, 4) is 5.88 Å². The first-order valence-electron chi connectivity index (χ1n) is 5.48. The van der Waals surface area contributed by atoms with E-state index in [-0.39, 0.29) is 18.0 Å². The number of aromatic nitrogens is 2. The van der Waals surface area contributed by atoms with E-state index in [0.717, 1.165) is 10.4 Å². The number of thiophene rings is 1. The second-order valence-electron chi connectivity index (χ2n) is 4.25. The lowest BCUT2D eigenvalue weighted by atomic mass is 10.3. The van der Waals surface area contributed by atoms with E-state index in [2.05, 4.69) is 4.98 Å². The third-order valence-corrected chi connectivity index (χ3v) is 4.07. The van der Waals surface area contributed by atoms with Crippen LogP contribution in [-0.2, 0) is 6.54 Å². The normalized spacial score (nSPS) is 10.8. The van der Waals surface area contributed by atoms with Gasteiger partial charge in [-0.25, -0.2) is 4.79 Å². The van der Waals surface area contributed by atoms with E-state index in [9.17, 15) is 14.7 Å². The van der Waals surface area contributed by atoms with Gasteiger partial charge in [0.15, 0.2) is 0 Å². The summed E-state index contributed by atoms with van der Waals surface area (Å²) in [5, 5.41) is 9.84. The van der Waals surface area contributed by atoms with Gasteiger partial charge in [-0.2, -0.15) is 0 Å². The van der Waals surface area contributed by atoms with Gasteiger partial charge >= 0.3 is 5.69 Å². The number of hydrogen-bond acceptors (Lipinski definition) is 4. The van der Waals surface area contributed by atoms with Gasteiger partial charge in [0.25, 0.3) is 5.56 Å². The Labute approximate surface area is 107 Å². The summed E-state index contributed by atoms with van der Waals surface area (Å²) in [7, 11) is 0. The maximum absolute atomic E-state index is 11.7. The average molecular weight is 266 g/mol. The Balaban J connectivity index is 2.50. The van der Waals surface area contributed by atoms with E-state index >= 15 is 0 Å². The maximum atomic E-state index is 11.7. The van der Waals surface area contributed by atoms with Crippen LogP contribution in [0.5, 0.6) is 5.88 Å². The molecule has 0 radical (unpaired) electrons. The number of nitrogens with zero attached hydrogens (tertiary/aromatic N) is 1. The molecule has 0 spiro atoms. The van der Waals surface area contributed by atoms with Crippen molar-refractivity contribution in [3.05, 3.63) is 47.8 Å². The van der Waals surface area contributed by atoms with Crippen molar-refractivity contribution >= 4 is 11.3 Å². The average Bonchev–Trinajstić information content (AvgIpc) is 2.61. The summed E-state index contributed by atoms with van der Waals surface area (Å²) in [5.74, 6) is -0.271. The lowest BCUT2D eigenvalue weighted by molar-refractivity contribution is 0.405. The quantitative estimate of drug-likeness (QED) is 0.859. The minimum atomic E-state index is -0.591. The Morgan fingerprint density at radius 3 is 2.56 bits per heavy atom. The van der Waals surface area contributed by atoms with E-state index in [1.165, 1.54) is 16.4 Å². The van der Waals surface area contributed by atoms with Crippen molar-refractivity contribution in [2.75, 3.05) is 0 Å². The number of aromatic hydroxyl groups is 1. The monoisotopic (exact) mass is 266 g/mol. The molecule has 96 valence electrons. The minimum Gasteiger partial charge on any atom is -0.494 e. The Morgan fingerprint density at radius 2 is 2.00 bits per heavy atom. The van der Waals surface area contributed by atoms with Crippen molar-refractivity contribution in [2.24, 2.45) is 0 Å². The fourth-order valence-corrected chi connectivity index (χ4v) is 2.73. The van der Waals surface area contributed by atoms with E-state index in [1.807, 2.05) is 19.9 Å². The lowest BCUT2D eigenvalue weighted by Crippen LogP contribution is -2.31. The molecule has 2 N–H and O–H groups in total. The van der Waals surface area contributed by atoms with Crippen LogP contribution in [0.4, 0.5) is 0 Å². The van der Waals surface area contributed by atoms with Gasteiger partial charge in [-0.1, -0.05) is 0 Å². The predicted molar refractivity (Wildman–Crippen MR) is 70.6 cm³/mol. The molecule has 0 aliphatic carbocycles. The molecule has 0 fully saturated rings. The van der Waals surface area contributed by atoms with Crippen LogP contribution in [0.2, 0.25) is 0 Å². The molecule has 0 saturated carbocycles. The van der Waals surface area contributed by atoms with Crippen LogP contribution in [-0.4, -0.2) is 14.7 Å². The molecule has 0 aliphatic heterocycles. The third kappa shape index (κ3) is 2.11. The zero-order valence-corrected chi connectivity index (χ0v) is 11.2. The highest BCUT2D eigenvalue weighted by Gasteiger charge is 2.11. The second-order valence-corrected chi connectivity index (χ2v) is 5.59. The Morgan fingerprint density at radius 1 is 1.33 bits per heavy atom. The molecule has 2 aromatic heterocycles. The molecule has 2 aromatic rings. The topological polar surface area (TPSA) is 75.1 Å². The Kier molecular flexibility index (Phi) is 3.13. The van der Waals surface area contributed by atoms with Crippen molar-refractivity contribution < 1.29 is 5.11 Å². The Hall–Kier alpha value is -1.82. The number of H-pyrrole nitrogens is 1. The molecule has 0 atom stereocenters. The molecule has 0 aliphatic rings. The van der Waals surface area contributed by atoms with Gasteiger partial charge in [-0.15, -0.1) is 11.3 Å². The van der Waals surface area contributed by atoms with Crippen LogP contribution >= 0.6 is 11.3 Å². The van der Waals surface area contributed by atoms with E-state index in [4.69, 9.17) is 0 Å². The molecule has 2 heterocycles. The van der Waals surface area contributed by atoms with E-state index < -0.39 is 11.2 Å².